The third-order valence-corrected chi connectivity index (χ3v) is 5.80. The van der Waals surface area contributed by atoms with Crippen molar-refractivity contribution in [1.29, 1.82) is 0 Å². The average molecular weight is 351 g/mol. The van der Waals surface area contributed by atoms with Crippen molar-refractivity contribution in [3.63, 3.8) is 0 Å². The quantitative estimate of drug-likeness (QED) is 0.519. The van der Waals surface area contributed by atoms with Gasteiger partial charge in [0.15, 0.2) is 0 Å². The maximum Gasteiger partial charge on any atom is 0.227 e. The number of nitrogens with zero attached hydrogens (tertiary/aromatic N) is 2. The van der Waals surface area contributed by atoms with E-state index < -0.39 is 0 Å². The van der Waals surface area contributed by atoms with E-state index in [1.54, 1.807) is 0 Å². The van der Waals surface area contributed by atoms with Crippen LogP contribution in [0.1, 0.15) is 90.4 Å². The molecule has 0 aromatic rings. The van der Waals surface area contributed by atoms with Gasteiger partial charge in [-0.15, -0.1) is 0 Å². The molecule has 0 N–H and O–H groups in total. The van der Waals surface area contributed by atoms with Crippen molar-refractivity contribution in [2.45, 2.75) is 90.4 Å². The Balaban J connectivity index is 1.51. The molecule has 4 nitrogen and oxygen atoms in total. The highest BCUT2D eigenvalue weighted by atomic mass is 16.2. The van der Waals surface area contributed by atoms with Crippen LogP contribution in [0.4, 0.5) is 0 Å². The number of hydrogen-bond acceptors (Lipinski definition) is 2. The zero-order chi connectivity index (χ0) is 17.9. The van der Waals surface area contributed by atoms with Gasteiger partial charge in [0.25, 0.3) is 0 Å². The first-order valence-electron chi connectivity index (χ1n) is 10.8. The SMILES string of the molecule is CCCCCCCCCCCC(=O)N1CCC(C(=O)N2CCCC2)C1. The summed E-state index contributed by atoms with van der Waals surface area (Å²) in [6.45, 7) is 5.53. The Bertz CT molecular complexity index is 405. The lowest BCUT2D eigenvalue weighted by molar-refractivity contribution is -0.134. The molecule has 2 heterocycles. The Morgan fingerprint density at radius 2 is 1.40 bits per heavy atom. The number of rotatable bonds is 11. The first-order valence-corrected chi connectivity index (χ1v) is 10.8. The van der Waals surface area contributed by atoms with Crippen LogP contribution in [-0.2, 0) is 9.59 Å². The summed E-state index contributed by atoms with van der Waals surface area (Å²) in [7, 11) is 0. The zero-order valence-electron chi connectivity index (χ0n) is 16.3. The van der Waals surface area contributed by atoms with Crippen molar-refractivity contribution >= 4 is 11.8 Å². The predicted molar refractivity (Wildman–Crippen MR) is 102 cm³/mol. The van der Waals surface area contributed by atoms with Crippen molar-refractivity contribution in [2.24, 2.45) is 5.92 Å². The van der Waals surface area contributed by atoms with Crippen LogP contribution in [0.25, 0.3) is 0 Å². The van der Waals surface area contributed by atoms with Gasteiger partial charge >= 0.3 is 0 Å². The van der Waals surface area contributed by atoms with Gasteiger partial charge in [-0.25, -0.2) is 0 Å². The molecule has 0 aromatic heterocycles. The number of carbonyl (C=O) groups excluding carboxylic acids is 2. The molecule has 144 valence electrons. The van der Waals surface area contributed by atoms with Crippen LogP contribution in [0, 0.1) is 5.92 Å². The fourth-order valence-electron chi connectivity index (χ4n) is 4.13. The molecule has 0 aliphatic carbocycles. The van der Waals surface area contributed by atoms with E-state index in [1.807, 2.05) is 9.80 Å². The maximum atomic E-state index is 12.4. The van der Waals surface area contributed by atoms with Crippen molar-refractivity contribution in [3.05, 3.63) is 0 Å². The van der Waals surface area contributed by atoms with Crippen molar-refractivity contribution < 1.29 is 9.59 Å². The van der Waals surface area contributed by atoms with Gasteiger partial charge in [0, 0.05) is 32.6 Å². The highest BCUT2D eigenvalue weighted by molar-refractivity contribution is 5.82. The molecule has 4 heteroatoms. The van der Waals surface area contributed by atoms with Gasteiger partial charge in [-0.2, -0.15) is 0 Å². The van der Waals surface area contributed by atoms with Crippen molar-refractivity contribution in [2.75, 3.05) is 26.2 Å². The smallest absolute Gasteiger partial charge is 0.227 e. The van der Waals surface area contributed by atoms with E-state index in [9.17, 15) is 9.59 Å². The van der Waals surface area contributed by atoms with Crippen LogP contribution in [-0.4, -0.2) is 47.8 Å². The van der Waals surface area contributed by atoms with Gasteiger partial charge in [0.1, 0.15) is 0 Å². The molecule has 1 atom stereocenters. The molecule has 2 saturated heterocycles. The number of likely N-dealkylation sites (tertiary alicyclic amines) is 2. The molecule has 25 heavy (non-hydrogen) atoms. The van der Waals surface area contributed by atoms with Crippen LogP contribution < -0.4 is 0 Å². The Morgan fingerprint density at radius 3 is 2.04 bits per heavy atom. The van der Waals surface area contributed by atoms with Gasteiger partial charge in [0.2, 0.25) is 11.8 Å². The molecule has 0 radical (unpaired) electrons. The standard InChI is InChI=1S/C21H38N2O2/c1-2-3-4-5-6-7-8-9-10-13-20(24)23-17-14-19(18-23)21(25)22-15-11-12-16-22/h19H,2-18H2,1H3. The van der Waals surface area contributed by atoms with E-state index in [2.05, 4.69) is 6.92 Å². The summed E-state index contributed by atoms with van der Waals surface area (Å²) in [5.41, 5.74) is 0. The lowest BCUT2D eigenvalue weighted by Gasteiger charge is -2.20. The highest BCUT2D eigenvalue weighted by Gasteiger charge is 2.33. The Labute approximate surface area is 154 Å². The minimum Gasteiger partial charge on any atom is -0.342 e. The monoisotopic (exact) mass is 350 g/mol. The molecular weight excluding hydrogens is 312 g/mol. The second kappa shape index (κ2) is 11.5. The van der Waals surface area contributed by atoms with Gasteiger partial charge < -0.3 is 9.80 Å². The van der Waals surface area contributed by atoms with E-state index in [-0.39, 0.29) is 17.7 Å². The summed E-state index contributed by atoms with van der Waals surface area (Å²) in [6.07, 6.45) is 15.3. The number of hydrogen-bond donors (Lipinski definition) is 0. The van der Waals surface area contributed by atoms with Crippen LogP contribution in [0.15, 0.2) is 0 Å². The molecular formula is C21H38N2O2. The van der Waals surface area contributed by atoms with Crippen molar-refractivity contribution in [1.82, 2.24) is 9.80 Å². The third-order valence-electron chi connectivity index (χ3n) is 5.80. The van der Waals surface area contributed by atoms with Crippen molar-refractivity contribution in [3.8, 4) is 0 Å². The Hall–Kier alpha value is -1.06. The summed E-state index contributed by atoms with van der Waals surface area (Å²) in [5.74, 6) is 0.612. The van der Waals surface area contributed by atoms with E-state index >= 15 is 0 Å². The normalized spacial score (nSPS) is 20.4. The van der Waals surface area contributed by atoms with Gasteiger partial charge in [-0.1, -0.05) is 58.3 Å². The summed E-state index contributed by atoms with van der Waals surface area (Å²) in [5, 5.41) is 0. The number of unbranched alkanes of at least 4 members (excludes halogenated alkanes) is 8. The molecule has 0 aromatic carbocycles. The lowest BCUT2D eigenvalue weighted by Crippen LogP contribution is -2.36. The second-order valence-electron chi connectivity index (χ2n) is 7.94. The number of carbonyl (C=O) groups is 2. The molecule has 2 aliphatic rings. The van der Waals surface area contributed by atoms with Gasteiger partial charge in [-0.3, -0.25) is 9.59 Å². The van der Waals surface area contributed by atoms with Gasteiger partial charge in [-0.05, 0) is 25.7 Å². The topological polar surface area (TPSA) is 40.6 Å². The maximum absolute atomic E-state index is 12.4. The third kappa shape index (κ3) is 6.99. The summed E-state index contributed by atoms with van der Waals surface area (Å²) in [4.78, 5) is 28.7. The second-order valence-corrected chi connectivity index (χ2v) is 7.94. The molecule has 2 amide bonds. The minimum atomic E-state index is 0.0603. The van der Waals surface area contributed by atoms with Crippen LogP contribution >= 0.6 is 0 Å². The fourth-order valence-corrected chi connectivity index (χ4v) is 4.13. The van der Waals surface area contributed by atoms with Gasteiger partial charge in [0.05, 0.1) is 5.92 Å². The molecule has 2 fully saturated rings. The van der Waals surface area contributed by atoms with E-state index in [4.69, 9.17) is 0 Å². The minimum absolute atomic E-state index is 0.0603. The molecule has 2 aliphatic heterocycles. The fraction of sp³-hybridized carbons (Fsp3) is 0.905. The highest BCUT2D eigenvalue weighted by Crippen LogP contribution is 2.22. The summed E-state index contributed by atoms with van der Waals surface area (Å²) >= 11 is 0. The summed E-state index contributed by atoms with van der Waals surface area (Å²) in [6, 6.07) is 0. The Morgan fingerprint density at radius 1 is 0.800 bits per heavy atom. The van der Waals surface area contributed by atoms with E-state index in [1.165, 1.54) is 51.4 Å². The Kier molecular flexibility index (Phi) is 9.35. The largest absolute Gasteiger partial charge is 0.342 e. The summed E-state index contributed by atoms with van der Waals surface area (Å²) < 4.78 is 0. The van der Waals surface area contributed by atoms with Crippen LogP contribution in [0.2, 0.25) is 0 Å². The number of amides is 2. The molecule has 1 unspecified atom stereocenters. The average Bonchev–Trinajstić information content (AvgIpc) is 3.31. The predicted octanol–water partition coefficient (Wildman–Crippen LogP) is 4.38. The lowest BCUT2D eigenvalue weighted by atomic mass is 10.1. The first kappa shape index (κ1) is 20.3. The molecule has 0 spiro atoms. The molecule has 0 saturated carbocycles. The van der Waals surface area contributed by atoms with Crippen LogP contribution in [0.3, 0.4) is 0 Å². The van der Waals surface area contributed by atoms with E-state index in [0.29, 0.717) is 13.0 Å². The molecule has 2 rings (SSSR count). The van der Waals surface area contributed by atoms with Crippen LogP contribution in [0.5, 0.6) is 0 Å². The molecule has 0 bridgehead atoms. The first-order chi connectivity index (χ1) is 12.2. The zero-order valence-corrected chi connectivity index (χ0v) is 16.3. The van der Waals surface area contributed by atoms with E-state index in [0.717, 1.165) is 45.3 Å².